The average Bonchev–Trinajstić information content (AvgIpc) is 2.84. The molecule has 3 aromatic rings. The fraction of sp³-hybridized carbons (Fsp3) is 0.115. The molecule has 0 aromatic heterocycles. The number of nitrogens with one attached hydrogen (secondary N) is 1. The first-order valence-electron chi connectivity index (χ1n) is 10.5. The van der Waals surface area contributed by atoms with Crippen LogP contribution in [0, 0.1) is 28.4 Å². The molecule has 0 aliphatic heterocycles. The summed E-state index contributed by atoms with van der Waals surface area (Å²) in [6.45, 7) is 3.95. The van der Waals surface area contributed by atoms with Crippen molar-refractivity contribution in [1.29, 1.82) is 5.26 Å². The first-order chi connectivity index (χ1) is 16.8. The molecule has 9 nitrogen and oxygen atoms in total. The Labute approximate surface area is 201 Å². The van der Waals surface area contributed by atoms with Crippen LogP contribution in [0.3, 0.4) is 0 Å². The van der Waals surface area contributed by atoms with Crippen molar-refractivity contribution < 1.29 is 24.0 Å². The normalized spacial score (nSPS) is 10.7. The van der Waals surface area contributed by atoms with Gasteiger partial charge in [-0.25, -0.2) is 4.79 Å². The fourth-order valence-corrected chi connectivity index (χ4v) is 3.06. The van der Waals surface area contributed by atoms with E-state index in [1.54, 1.807) is 43.3 Å². The van der Waals surface area contributed by atoms with E-state index in [2.05, 4.69) is 5.32 Å². The van der Waals surface area contributed by atoms with Crippen molar-refractivity contribution >= 4 is 29.3 Å². The predicted molar refractivity (Wildman–Crippen MR) is 129 cm³/mol. The maximum Gasteiger partial charge on any atom is 0.343 e. The zero-order valence-electron chi connectivity index (χ0n) is 19.0. The minimum atomic E-state index is -0.811. The van der Waals surface area contributed by atoms with Gasteiger partial charge in [-0.2, -0.15) is 5.26 Å². The largest absolute Gasteiger partial charge is 0.490 e. The van der Waals surface area contributed by atoms with Gasteiger partial charge in [-0.15, -0.1) is 0 Å². The molecule has 3 rings (SSSR count). The Balaban J connectivity index is 1.84. The highest BCUT2D eigenvalue weighted by molar-refractivity contribution is 6.10. The van der Waals surface area contributed by atoms with E-state index in [1.807, 2.05) is 6.92 Å². The number of benzene rings is 3. The minimum Gasteiger partial charge on any atom is -0.490 e. The van der Waals surface area contributed by atoms with Crippen LogP contribution in [0.25, 0.3) is 6.08 Å². The molecule has 0 aliphatic carbocycles. The van der Waals surface area contributed by atoms with Gasteiger partial charge in [-0.05, 0) is 55.8 Å². The van der Waals surface area contributed by atoms with Gasteiger partial charge in [0, 0.05) is 6.07 Å². The van der Waals surface area contributed by atoms with Gasteiger partial charge in [0.2, 0.25) is 0 Å². The van der Waals surface area contributed by atoms with Crippen molar-refractivity contribution in [2.75, 3.05) is 11.9 Å². The Bertz CT molecular complexity index is 1340. The quantitative estimate of drug-likeness (QED) is 0.121. The highest BCUT2D eigenvalue weighted by Crippen LogP contribution is 2.30. The van der Waals surface area contributed by atoms with E-state index in [-0.39, 0.29) is 35.1 Å². The summed E-state index contributed by atoms with van der Waals surface area (Å²) in [6.07, 6.45) is 1.30. The number of anilines is 1. The number of ether oxygens (including phenoxy) is 2. The lowest BCUT2D eigenvalue weighted by atomic mass is 10.1. The third-order valence-electron chi connectivity index (χ3n) is 4.78. The average molecular weight is 471 g/mol. The molecule has 0 spiro atoms. The van der Waals surface area contributed by atoms with E-state index in [0.29, 0.717) is 11.1 Å². The Morgan fingerprint density at radius 1 is 1.09 bits per heavy atom. The second-order valence-corrected chi connectivity index (χ2v) is 7.29. The standard InChI is InChI=1S/C26H21N3O6/c1-3-34-24-15-18(10-13-23(24)35-26(31)19-11-8-17(2)9-12-19)14-20(16-27)25(30)28-21-6-4-5-7-22(21)29(32)33/h4-15H,3H2,1-2H3,(H,28,30)/b20-14-. The highest BCUT2D eigenvalue weighted by atomic mass is 16.6. The SMILES string of the molecule is CCOc1cc(/C=C(/C#N)C(=O)Nc2ccccc2[N+](=O)[O-])ccc1OC(=O)c1ccc(C)cc1. The van der Waals surface area contributed by atoms with E-state index >= 15 is 0 Å². The maximum absolute atomic E-state index is 12.6. The number of hydrogen-bond acceptors (Lipinski definition) is 7. The molecule has 0 fully saturated rings. The van der Waals surface area contributed by atoms with Gasteiger partial charge in [-0.3, -0.25) is 14.9 Å². The number of carbonyl (C=O) groups excluding carboxylic acids is 2. The van der Waals surface area contributed by atoms with E-state index in [1.165, 1.54) is 42.5 Å². The Hall–Kier alpha value is -4.97. The van der Waals surface area contributed by atoms with Crippen molar-refractivity contribution in [1.82, 2.24) is 0 Å². The summed E-state index contributed by atoms with van der Waals surface area (Å²) in [5.41, 5.74) is 1.20. The first-order valence-corrected chi connectivity index (χ1v) is 10.5. The second-order valence-electron chi connectivity index (χ2n) is 7.29. The number of carbonyl (C=O) groups is 2. The van der Waals surface area contributed by atoms with Crippen LogP contribution in [0.15, 0.2) is 72.3 Å². The summed E-state index contributed by atoms with van der Waals surface area (Å²) in [4.78, 5) is 35.6. The lowest BCUT2D eigenvalue weighted by Gasteiger charge is -2.12. The number of amides is 1. The summed E-state index contributed by atoms with van der Waals surface area (Å²) in [5, 5.41) is 23.1. The van der Waals surface area contributed by atoms with Crippen LogP contribution in [-0.2, 0) is 4.79 Å². The molecular formula is C26H21N3O6. The molecule has 1 N–H and O–H groups in total. The van der Waals surface area contributed by atoms with Gasteiger partial charge in [0.1, 0.15) is 17.3 Å². The molecule has 0 saturated carbocycles. The number of nitrogens with zero attached hydrogens (tertiary/aromatic N) is 2. The monoisotopic (exact) mass is 471 g/mol. The summed E-state index contributed by atoms with van der Waals surface area (Å²) in [5.74, 6) is -0.944. The van der Waals surface area contributed by atoms with E-state index in [0.717, 1.165) is 5.56 Å². The third kappa shape index (κ3) is 6.30. The molecule has 0 unspecified atom stereocenters. The van der Waals surface area contributed by atoms with Gasteiger partial charge < -0.3 is 14.8 Å². The number of para-hydroxylation sites is 2. The van der Waals surface area contributed by atoms with Gasteiger partial charge in [-0.1, -0.05) is 35.9 Å². The van der Waals surface area contributed by atoms with Crippen LogP contribution in [0.5, 0.6) is 11.5 Å². The van der Waals surface area contributed by atoms with Crippen molar-refractivity contribution in [2.45, 2.75) is 13.8 Å². The van der Waals surface area contributed by atoms with Gasteiger partial charge >= 0.3 is 5.97 Å². The second kappa shape index (κ2) is 11.2. The number of nitro benzene ring substituents is 1. The number of nitro groups is 1. The molecule has 0 bridgehead atoms. The summed E-state index contributed by atoms with van der Waals surface area (Å²) in [6, 6.07) is 18.9. The predicted octanol–water partition coefficient (Wildman–Crippen LogP) is 5.07. The molecule has 0 radical (unpaired) electrons. The summed E-state index contributed by atoms with van der Waals surface area (Å²) < 4.78 is 11.1. The van der Waals surface area contributed by atoms with E-state index in [9.17, 15) is 25.0 Å². The molecular weight excluding hydrogens is 450 g/mol. The van der Waals surface area contributed by atoms with Gasteiger partial charge in [0.25, 0.3) is 11.6 Å². The minimum absolute atomic E-state index is 0.0305. The van der Waals surface area contributed by atoms with E-state index < -0.39 is 16.8 Å². The van der Waals surface area contributed by atoms with Crippen molar-refractivity contribution in [3.8, 4) is 17.6 Å². The van der Waals surface area contributed by atoms with Crippen molar-refractivity contribution in [3.05, 3.63) is 99.1 Å². The molecule has 9 heteroatoms. The van der Waals surface area contributed by atoms with Crippen LogP contribution >= 0.6 is 0 Å². The number of rotatable bonds is 8. The topological polar surface area (TPSA) is 132 Å². The zero-order valence-corrected chi connectivity index (χ0v) is 19.0. The van der Waals surface area contributed by atoms with Gasteiger partial charge in [0.15, 0.2) is 11.5 Å². The summed E-state index contributed by atoms with van der Waals surface area (Å²) >= 11 is 0. The summed E-state index contributed by atoms with van der Waals surface area (Å²) in [7, 11) is 0. The molecule has 176 valence electrons. The number of nitriles is 1. The number of esters is 1. The molecule has 0 aliphatic rings. The smallest absolute Gasteiger partial charge is 0.343 e. The Morgan fingerprint density at radius 2 is 1.80 bits per heavy atom. The molecule has 3 aromatic carbocycles. The first kappa shape index (κ1) is 24.7. The van der Waals surface area contributed by atoms with Gasteiger partial charge in [0.05, 0.1) is 17.1 Å². The Morgan fingerprint density at radius 3 is 2.46 bits per heavy atom. The van der Waals surface area contributed by atoms with Crippen LogP contribution < -0.4 is 14.8 Å². The highest BCUT2D eigenvalue weighted by Gasteiger charge is 2.18. The lowest BCUT2D eigenvalue weighted by molar-refractivity contribution is -0.383. The molecule has 1 amide bonds. The zero-order chi connectivity index (χ0) is 25.4. The van der Waals surface area contributed by atoms with Crippen molar-refractivity contribution in [3.63, 3.8) is 0 Å². The molecule has 35 heavy (non-hydrogen) atoms. The molecule has 0 saturated heterocycles. The third-order valence-corrected chi connectivity index (χ3v) is 4.78. The van der Waals surface area contributed by atoms with Crippen LogP contribution in [0.2, 0.25) is 0 Å². The lowest BCUT2D eigenvalue weighted by Crippen LogP contribution is -2.14. The van der Waals surface area contributed by atoms with Crippen molar-refractivity contribution in [2.24, 2.45) is 0 Å². The van der Waals surface area contributed by atoms with E-state index in [4.69, 9.17) is 9.47 Å². The molecule has 0 atom stereocenters. The van der Waals surface area contributed by atoms with Crippen LogP contribution in [0.4, 0.5) is 11.4 Å². The van der Waals surface area contributed by atoms with Crippen LogP contribution in [0.1, 0.15) is 28.4 Å². The number of aryl methyl sites for hydroxylation is 1. The maximum atomic E-state index is 12.6. The number of hydrogen-bond donors (Lipinski definition) is 1. The Kier molecular flexibility index (Phi) is 7.93. The fourth-order valence-electron chi connectivity index (χ4n) is 3.06. The van der Waals surface area contributed by atoms with Crippen LogP contribution in [-0.4, -0.2) is 23.4 Å². The molecule has 0 heterocycles.